The van der Waals surface area contributed by atoms with Crippen molar-refractivity contribution in [3.05, 3.63) is 33.9 Å². The lowest BCUT2D eigenvalue weighted by Gasteiger charge is -2.42. The van der Waals surface area contributed by atoms with E-state index in [4.69, 9.17) is 10.4 Å². The zero-order valence-electron chi connectivity index (χ0n) is 11.1. The number of hydrogen-bond donors (Lipinski definition) is 2. The summed E-state index contributed by atoms with van der Waals surface area (Å²) in [6, 6.07) is 6.31. The summed E-state index contributed by atoms with van der Waals surface area (Å²) in [5, 5.41) is 32.0. The number of aliphatic hydroxyl groups is 1. The van der Waals surface area contributed by atoms with E-state index in [0.717, 1.165) is 19.3 Å². The van der Waals surface area contributed by atoms with Crippen LogP contribution in [0.25, 0.3) is 0 Å². The Hall–Kier alpha value is -2.13. The summed E-state index contributed by atoms with van der Waals surface area (Å²) in [6.45, 7) is 0.747. The average molecular weight is 275 g/mol. The van der Waals surface area contributed by atoms with E-state index in [1.165, 1.54) is 6.07 Å². The summed E-state index contributed by atoms with van der Waals surface area (Å²) >= 11 is 0. The number of nitro benzene ring substituents is 1. The first kappa shape index (κ1) is 14.3. The summed E-state index contributed by atoms with van der Waals surface area (Å²) in [6.07, 6.45) is 3.91. The fourth-order valence-electron chi connectivity index (χ4n) is 2.61. The molecule has 1 aromatic rings. The van der Waals surface area contributed by atoms with Gasteiger partial charge < -0.3 is 10.4 Å². The van der Waals surface area contributed by atoms with E-state index in [0.29, 0.717) is 18.7 Å². The highest BCUT2D eigenvalue weighted by Gasteiger charge is 2.36. The lowest BCUT2D eigenvalue weighted by molar-refractivity contribution is -0.384. The van der Waals surface area contributed by atoms with Crippen molar-refractivity contribution in [1.29, 1.82) is 5.26 Å². The third-order valence-electron chi connectivity index (χ3n) is 4.03. The minimum Gasteiger partial charge on any atom is -0.396 e. The summed E-state index contributed by atoms with van der Waals surface area (Å²) in [7, 11) is 0. The molecule has 1 fully saturated rings. The first-order chi connectivity index (χ1) is 9.60. The van der Waals surface area contributed by atoms with Crippen LogP contribution in [0.1, 0.15) is 31.2 Å². The predicted molar refractivity (Wildman–Crippen MR) is 74.3 cm³/mol. The lowest BCUT2D eigenvalue weighted by Crippen LogP contribution is -2.37. The van der Waals surface area contributed by atoms with Gasteiger partial charge in [0.15, 0.2) is 0 Å². The molecule has 20 heavy (non-hydrogen) atoms. The number of anilines is 1. The molecule has 6 heteroatoms. The second kappa shape index (κ2) is 5.88. The molecule has 2 rings (SSSR count). The smallest absolute Gasteiger partial charge is 0.293 e. The number of nitro groups is 1. The quantitative estimate of drug-likeness (QED) is 0.613. The summed E-state index contributed by atoms with van der Waals surface area (Å²) < 4.78 is 0. The number of nitriles is 1. The van der Waals surface area contributed by atoms with Gasteiger partial charge >= 0.3 is 0 Å². The van der Waals surface area contributed by atoms with E-state index >= 15 is 0 Å². The lowest BCUT2D eigenvalue weighted by atomic mass is 9.67. The maximum atomic E-state index is 11.0. The Morgan fingerprint density at radius 2 is 2.25 bits per heavy atom. The first-order valence-corrected chi connectivity index (χ1v) is 6.63. The molecule has 1 saturated carbocycles. The maximum Gasteiger partial charge on any atom is 0.293 e. The van der Waals surface area contributed by atoms with Crippen LogP contribution in [0.3, 0.4) is 0 Å². The van der Waals surface area contributed by atoms with Gasteiger partial charge in [-0.3, -0.25) is 10.1 Å². The van der Waals surface area contributed by atoms with Gasteiger partial charge in [0.25, 0.3) is 5.69 Å². The average Bonchev–Trinajstić information content (AvgIpc) is 2.41. The summed E-state index contributed by atoms with van der Waals surface area (Å²) in [4.78, 5) is 10.6. The van der Waals surface area contributed by atoms with Crippen molar-refractivity contribution in [2.45, 2.75) is 25.7 Å². The topological polar surface area (TPSA) is 99.2 Å². The number of benzene rings is 1. The Bertz CT molecular complexity index is 547. The molecule has 0 heterocycles. The molecule has 0 amide bonds. The molecular formula is C14H17N3O3. The van der Waals surface area contributed by atoms with Gasteiger partial charge in [-0.1, -0.05) is 6.42 Å². The SMILES string of the molecule is N#Cc1ccc(NCC2(CCO)CCC2)c([N+](=O)[O-])c1. The van der Waals surface area contributed by atoms with E-state index in [2.05, 4.69) is 5.32 Å². The highest BCUT2D eigenvalue weighted by atomic mass is 16.6. The maximum absolute atomic E-state index is 11.0. The van der Waals surface area contributed by atoms with Gasteiger partial charge in [-0.15, -0.1) is 0 Å². The van der Waals surface area contributed by atoms with Crippen LogP contribution in [0.15, 0.2) is 18.2 Å². The molecule has 1 aliphatic carbocycles. The third-order valence-corrected chi connectivity index (χ3v) is 4.03. The number of nitrogens with one attached hydrogen (secondary N) is 1. The van der Waals surface area contributed by atoms with Gasteiger partial charge in [0.1, 0.15) is 5.69 Å². The molecule has 0 saturated heterocycles. The van der Waals surface area contributed by atoms with Crippen molar-refractivity contribution in [3.63, 3.8) is 0 Å². The Morgan fingerprint density at radius 3 is 2.75 bits per heavy atom. The van der Waals surface area contributed by atoms with Crippen LogP contribution in [0.2, 0.25) is 0 Å². The molecule has 6 nitrogen and oxygen atoms in total. The van der Waals surface area contributed by atoms with Crippen molar-refractivity contribution in [3.8, 4) is 6.07 Å². The molecule has 2 N–H and O–H groups in total. The van der Waals surface area contributed by atoms with Gasteiger partial charge in [-0.2, -0.15) is 5.26 Å². The number of hydrogen-bond acceptors (Lipinski definition) is 5. The molecule has 1 aromatic carbocycles. The summed E-state index contributed by atoms with van der Waals surface area (Å²) in [5.74, 6) is 0. The highest BCUT2D eigenvalue weighted by Crippen LogP contribution is 2.44. The van der Waals surface area contributed by atoms with Gasteiger partial charge in [0, 0.05) is 19.2 Å². The normalized spacial score (nSPS) is 16.0. The minimum atomic E-state index is -0.483. The molecule has 0 aromatic heterocycles. The second-order valence-corrected chi connectivity index (χ2v) is 5.28. The van der Waals surface area contributed by atoms with E-state index in [1.54, 1.807) is 12.1 Å². The number of nitrogens with zero attached hydrogens (tertiary/aromatic N) is 2. The number of rotatable bonds is 6. The molecule has 0 unspecified atom stereocenters. The van der Waals surface area contributed by atoms with Crippen molar-refractivity contribution >= 4 is 11.4 Å². The fraction of sp³-hybridized carbons (Fsp3) is 0.500. The molecular weight excluding hydrogens is 258 g/mol. The molecule has 106 valence electrons. The monoisotopic (exact) mass is 275 g/mol. The van der Waals surface area contributed by atoms with Crippen LogP contribution in [-0.4, -0.2) is 23.2 Å². The Labute approximate surface area is 117 Å². The standard InChI is InChI=1S/C14H17N3O3/c15-9-11-2-3-12(13(8-11)17(19)20)16-10-14(6-7-18)4-1-5-14/h2-3,8,16,18H,1,4-7,10H2. The van der Waals surface area contributed by atoms with Crippen LogP contribution in [0, 0.1) is 26.9 Å². The van der Waals surface area contributed by atoms with E-state index in [1.807, 2.05) is 6.07 Å². The van der Waals surface area contributed by atoms with Gasteiger partial charge in [-0.05, 0) is 36.8 Å². The Kier molecular flexibility index (Phi) is 4.20. The van der Waals surface area contributed by atoms with Crippen LogP contribution in [-0.2, 0) is 0 Å². The fourth-order valence-corrected chi connectivity index (χ4v) is 2.61. The van der Waals surface area contributed by atoms with Crippen molar-refractivity contribution < 1.29 is 10.0 Å². The number of aliphatic hydroxyl groups excluding tert-OH is 1. The molecule has 0 bridgehead atoms. The van der Waals surface area contributed by atoms with Crippen LogP contribution < -0.4 is 5.32 Å². The van der Waals surface area contributed by atoms with E-state index < -0.39 is 4.92 Å². The zero-order valence-corrected chi connectivity index (χ0v) is 11.1. The van der Waals surface area contributed by atoms with Crippen LogP contribution >= 0.6 is 0 Å². The zero-order chi connectivity index (χ0) is 14.6. The highest BCUT2D eigenvalue weighted by molar-refractivity contribution is 5.64. The Balaban J connectivity index is 2.13. The molecule has 0 atom stereocenters. The largest absolute Gasteiger partial charge is 0.396 e. The van der Waals surface area contributed by atoms with E-state index in [-0.39, 0.29) is 23.3 Å². The molecule has 1 aliphatic rings. The minimum absolute atomic E-state index is 0.0521. The predicted octanol–water partition coefficient (Wildman–Crippen LogP) is 2.43. The molecule has 0 radical (unpaired) electrons. The third kappa shape index (κ3) is 2.89. The first-order valence-electron chi connectivity index (χ1n) is 6.63. The summed E-state index contributed by atoms with van der Waals surface area (Å²) in [5.41, 5.74) is 0.674. The molecule has 0 spiro atoms. The van der Waals surface area contributed by atoms with Gasteiger partial charge in [-0.25, -0.2) is 0 Å². The van der Waals surface area contributed by atoms with Crippen LogP contribution in [0.4, 0.5) is 11.4 Å². The van der Waals surface area contributed by atoms with Gasteiger partial charge in [0.2, 0.25) is 0 Å². The van der Waals surface area contributed by atoms with Crippen molar-refractivity contribution in [2.75, 3.05) is 18.5 Å². The second-order valence-electron chi connectivity index (χ2n) is 5.28. The van der Waals surface area contributed by atoms with E-state index in [9.17, 15) is 10.1 Å². The van der Waals surface area contributed by atoms with Crippen LogP contribution in [0.5, 0.6) is 0 Å². The Morgan fingerprint density at radius 1 is 1.50 bits per heavy atom. The van der Waals surface area contributed by atoms with Crippen molar-refractivity contribution in [1.82, 2.24) is 0 Å². The molecule has 0 aliphatic heterocycles. The van der Waals surface area contributed by atoms with Crippen molar-refractivity contribution in [2.24, 2.45) is 5.41 Å². The van der Waals surface area contributed by atoms with Gasteiger partial charge in [0.05, 0.1) is 16.6 Å².